The fraction of sp³-hybridized carbons (Fsp3) is 0.188. The first-order chi connectivity index (χ1) is 10.2. The van der Waals surface area contributed by atoms with Gasteiger partial charge in [-0.15, -0.1) is 0 Å². The zero-order valence-corrected chi connectivity index (χ0v) is 11.5. The van der Waals surface area contributed by atoms with Crippen molar-refractivity contribution < 1.29 is 9.53 Å². The standard InChI is InChI=1S/C8H8N2.C8H9NO2/c1-2-7-6-3-5(1)10-8(6)4-9-7;9-8(10)11-6-7-4-2-1-3-5-7/h1-3,8-10H,4H2;1-5H,6H2,(H2,9,10). The number of hydrogen-bond acceptors (Lipinski definition) is 4. The lowest BCUT2D eigenvalue weighted by molar-refractivity contribution is 0.150. The van der Waals surface area contributed by atoms with Crippen LogP contribution in [-0.2, 0) is 11.3 Å². The maximum Gasteiger partial charge on any atom is 0.404 e. The highest BCUT2D eigenvalue weighted by atomic mass is 16.5. The van der Waals surface area contributed by atoms with Gasteiger partial charge in [-0.25, -0.2) is 4.79 Å². The van der Waals surface area contributed by atoms with E-state index < -0.39 is 6.09 Å². The van der Waals surface area contributed by atoms with E-state index in [9.17, 15) is 4.79 Å². The predicted molar refractivity (Wildman–Crippen MR) is 82.1 cm³/mol. The lowest BCUT2D eigenvalue weighted by atomic mass is 10.2. The summed E-state index contributed by atoms with van der Waals surface area (Å²) in [5.41, 5.74) is 9.73. The second kappa shape index (κ2) is 5.75. The summed E-state index contributed by atoms with van der Waals surface area (Å²) in [6, 6.07) is 16.4. The van der Waals surface area contributed by atoms with Crippen molar-refractivity contribution in [3.63, 3.8) is 0 Å². The number of carbonyl (C=O) groups is 1. The molecule has 0 aromatic heterocycles. The number of amides is 1. The highest BCUT2D eigenvalue weighted by molar-refractivity contribution is 5.70. The first-order valence-corrected chi connectivity index (χ1v) is 6.83. The number of anilines is 2. The molecule has 4 N–H and O–H groups in total. The summed E-state index contributed by atoms with van der Waals surface area (Å²) in [6.07, 6.45) is -0.742. The lowest BCUT2D eigenvalue weighted by Gasteiger charge is -2.05. The van der Waals surface area contributed by atoms with Crippen molar-refractivity contribution in [2.45, 2.75) is 12.6 Å². The Kier molecular flexibility index (Phi) is 3.64. The molecule has 1 atom stereocenters. The third kappa shape index (κ3) is 3.08. The number of primary amides is 1. The van der Waals surface area contributed by atoms with Gasteiger partial charge in [0.1, 0.15) is 6.61 Å². The monoisotopic (exact) mass is 283 g/mol. The van der Waals surface area contributed by atoms with Gasteiger partial charge in [-0.05, 0) is 23.8 Å². The highest BCUT2D eigenvalue weighted by Gasteiger charge is 2.26. The minimum Gasteiger partial charge on any atom is -0.445 e. The molecule has 21 heavy (non-hydrogen) atoms. The van der Waals surface area contributed by atoms with E-state index in [1.54, 1.807) is 0 Å². The van der Waals surface area contributed by atoms with Gasteiger partial charge in [-0.1, -0.05) is 30.3 Å². The second-order valence-electron chi connectivity index (χ2n) is 4.97. The molecule has 0 saturated heterocycles. The number of benzene rings is 2. The molecule has 2 bridgehead atoms. The third-order valence-corrected chi connectivity index (χ3v) is 3.49. The van der Waals surface area contributed by atoms with E-state index in [0.29, 0.717) is 6.04 Å². The minimum atomic E-state index is -0.742. The quantitative estimate of drug-likeness (QED) is 0.792. The van der Waals surface area contributed by atoms with Crippen molar-refractivity contribution >= 4 is 17.5 Å². The van der Waals surface area contributed by atoms with E-state index in [1.165, 1.54) is 16.9 Å². The number of nitrogens with two attached hydrogens (primary N) is 1. The Labute approximate surface area is 123 Å². The van der Waals surface area contributed by atoms with Crippen LogP contribution in [0.4, 0.5) is 16.2 Å². The maximum absolute atomic E-state index is 10.2. The number of ether oxygens (including phenoxy) is 1. The Bertz CT molecular complexity index is 643. The van der Waals surface area contributed by atoms with E-state index in [-0.39, 0.29) is 6.61 Å². The molecule has 0 fully saturated rings. The molecule has 108 valence electrons. The van der Waals surface area contributed by atoms with Crippen molar-refractivity contribution in [3.8, 4) is 0 Å². The summed E-state index contributed by atoms with van der Waals surface area (Å²) in [6.45, 7) is 1.30. The molecule has 2 heterocycles. The van der Waals surface area contributed by atoms with Crippen LogP contribution in [0.5, 0.6) is 0 Å². The molecule has 2 aliphatic rings. The molecule has 1 unspecified atom stereocenters. The SMILES string of the molecule is NC(=O)OCc1ccccc1.c1cc2c3cc1NC3CN2. The largest absolute Gasteiger partial charge is 0.445 e. The maximum atomic E-state index is 10.2. The molecular formula is C16H17N3O2. The van der Waals surface area contributed by atoms with Crippen molar-refractivity contribution in [1.82, 2.24) is 0 Å². The Balaban J connectivity index is 0.000000126. The van der Waals surface area contributed by atoms with Gasteiger partial charge >= 0.3 is 6.09 Å². The molecule has 0 saturated carbocycles. The molecular weight excluding hydrogens is 266 g/mol. The zero-order valence-electron chi connectivity index (χ0n) is 11.5. The molecule has 0 radical (unpaired) electrons. The van der Waals surface area contributed by atoms with Gasteiger partial charge in [0.2, 0.25) is 0 Å². The summed E-state index contributed by atoms with van der Waals surface area (Å²) in [4.78, 5) is 10.2. The number of rotatable bonds is 2. The molecule has 5 heteroatoms. The van der Waals surface area contributed by atoms with Crippen molar-refractivity contribution in [2.75, 3.05) is 17.2 Å². The molecule has 2 aliphatic heterocycles. The highest BCUT2D eigenvalue weighted by Crippen LogP contribution is 2.39. The number of fused-ring (bicyclic) bond motifs is 1. The van der Waals surface area contributed by atoms with Crippen LogP contribution >= 0.6 is 0 Å². The lowest BCUT2D eigenvalue weighted by Crippen LogP contribution is -2.12. The Hall–Kier alpha value is -2.69. The molecule has 4 rings (SSSR count). The van der Waals surface area contributed by atoms with E-state index in [0.717, 1.165) is 12.1 Å². The molecule has 2 aromatic rings. The van der Waals surface area contributed by atoms with E-state index in [4.69, 9.17) is 5.73 Å². The average molecular weight is 283 g/mol. The molecule has 1 amide bonds. The number of carbonyl (C=O) groups excluding carboxylic acids is 1. The summed E-state index contributed by atoms with van der Waals surface area (Å²) in [5, 5.41) is 6.73. The third-order valence-electron chi connectivity index (χ3n) is 3.49. The van der Waals surface area contributed by atoms with Gasteiger partial charge in [0.15, 0.2) is 0 Å². The van der Waals surface area contributed by atoms with Crippen LogP contribution < -0.4 is 16.4 Å². The first kappa shape index (κ1) is 13.3. The van der Waals surface area contributed by atoms with E-state index >= 15 is 0 Å². The van der Waals surface area contributed by atoms with Gasteiger partial charge in [-0.3, -0.25) is 0 Å². The van der Waals surface area contributed by atoms with Crippen LogP contribution in [0.3, 0.4) is 0 Å². The number of hydrogen-bond donors (Lipinski definition) is 3. The summed E-state index contributed by atoms with van der Waals surface area (Å²) in [7, 11) is 0. The van der Waals surface area contributed by atoms with Crippen LogP contribution in [0, 0.1) is 0 Å². The Morgan fingerprint density at radius 2 is 2.05 bits per heavy atom. The number of nitrogens with one attached hydrogen (secondary N) is 2. The summed E-state index contributed by atoms with van der Waals surface area (Å²) in [5.74, 6) is 0. The molecule has 0 aliphatic carbocycles. The molecule has 2 aromatic carbocycles. The summed E-state index contributed by atoms with van der Waals surface area (Å²) >= 11 is 0. The van der Waals surface area contributed by atoms with Crippen molar-refractivity contribution in [3.05, 3.63) is 59.7 Å². The van der Waals surface area contributed by atoms with E-state index in [2.05, 4.69) is 33.6 Å². The fourth-order valence-corrected chi connectivity index (χ4v) is 2.48. The molecule has 5 nitrogen and oxygen atoms in total. The van der Waals surface area contributed by atoms with Crippen LogP contribution in [-0.4, -0.2) is 12.6 Å². The van der Waals surface area contributed by atoms with Gasteiger partial charge in [0.25, 0.3) is 0 Å². The Morgan fingerprint density at radius 1 is 1.24 bits per heavy atom. The fourth-order valence-electron chi connectivity index (χ4n) is 2.48. The summed E-state index contributed by atoms with van der Waals surface area (Å²) < 4.78 is 4.57. The van der Waals surface area contributed by atoms with Crippen molar-refractivity contribution in [1.29, 1.82) is 0 Å². The average Bonchev–Trinajstić information content (AvgIpc) is 3.01. The Morgan fingerprint density at radius 3 is 2.81 bits per heavy atom. The van der Waals surface area contributed by atoms with Gasteiger partial charge in [-0.2, -0.15) is 0 Å². The topological polar surface area (TPSA) is 76.4 Å². The first-order valence-electron chi connectivity index (χ1n) is 6.83. The molecule has 0 spiro atoms. The van der Waals surface area contributed by atoms with Gasteiger partial charge in [0.05, 0.1) is 6.04 Å². The smallest absolute Gasteiger partial charge is 0.404 e. The minimum absolute atomic E-state index is 0.246. The van der Waals surface area contributed by atoms with Crippen LogP contribution in [0.1, 0.15) is 17.2 Å². The van der Waals surface area contributed by atoms with Crippen molar-refractivity contribution in [2.24, 2.45) is 5.73 Å². The van der Waals surface area contributed by atoms with Gasteiger partial charge in [0, 0.05) is 23.5 Å². The predicted octanol–water partition coefficient (Wildman–Crippen LogP) is 2.86. The second-order valence-corrected chi connectivity index (χ2v) is 4.97. The van der Waals surface area contributed by atoms with Crippen LogP contribution in [0.2, 0.25) is 0 Å². The van der Waals surface area contributed by atoms with E-state index in [1.807, 2.05) is 30.3 Å². The zero-order chi connectivity index (χ0) is 14.7. The normalized spacial score (nSPS) is 16.3. The van der Waals surface area contributed by atoms with Crippen LogP contribution in [0.25, 0.3) is 0 Å². The van der Waals surface area contributed by atoms with Crippen LogP contribution in [0.15, 0.2) is 48.5 Å². The van der Waals surface area contributed by atoms with Gasteiger partial charge < -0.3 is 21.1 Å².